The van der Waals surface area contributed by atoms with Crippen LogP contribution < -0.4 is 0 Å². The smallest absolute Gasteiger partial charge is 0.227 e. The van der Waals surface area contributed by atoms with Gasteiger partial charge in [0, 0.05) is 12.6 Å². The Morgan fingerprint density at radius 3 is 2.24 bits per heavy atom. The molecule has 0 fully saturated rings. The molecule has 0 radical (unpaired) electrons. The largest absolute Gasteiger partial charge is 0.334 e. The molecule has 0 heterocycles. The Kier molecular flexibility index (Phi) is 6.08. The Morgan fingerprint density at radius 1 is 0.788 bits per heavy atom. The monoisotopic (exact) mass is 431 g/mol. The van der Waals surface area contributed by atoms with E-state index in [9.17, 15) is 4.79 Å². The molecule has 0 spiro atoms. The van der Waals surface area contributed by atoms with Crippen LogP contribution in [0.2, 0.25) is 0 Å². The summed E-state index contributed by atoms with van der Waals surface area (Å²) in [7, 11) is 0. The van der Waals surface area contributed by atoms with Crippen molar-refractivity contribution in [1.29, 1.82) is 0 Å². The van der Waals surface area contributed by atoms with Crippen LogP contribution in [0.3, 0.4) is 0 Å². The highest BCUT2D eigenvalue weighted by Crippen LogP contribution is 2.29. The van der Waals surface area contributed by atoms with Crippen molar-refractivity contribution < 1.29 is 4.79 Å². The Bertz CT molecular complexity index is 1250. The summed E-state index contributed by atoms with van der Waals surface area (Å²) < 4.78 is 0. The molecule has 1 aliphatic rings. The summed E-state index contributed by atoms with van der Waals surface area (Å²) >= 11 is 0. The fourth-order valence-electron chi connectivity index (χ4n) is 4.98. The topological polar surface area (TPSA) is 20.3 Å². The van der Waals surface area contributed by atoms with E-state index in [2.05, 4.69) is 78.6 Å². The van der Waals surface area contributed by atoms with E-state index in [4.69, 9.17) is 0 Å². The zero-order chi connectivity index (χ0) is 22.6. The van der Waals surface area contributed by atoms with E-state index in [1.54, 1.807) is 0 Å². The molecule has 0 N–H and O–H groups in total. The first-order chi connectivity index (χ1) is 16.2. The molecular weight excluding hydrogens is 402 g/mol. The standard InChI is InChI=1S/C31H29NO/c1-23-16-17-26-19-29(20-28(26)18-23)32(22-24-10-4-2-5-11-24)31(33)21-27-14-8-9-15-30(27)25-12-6-3-7-13-25/h2-18,29H,19-22H2,1H3. The number of carbonyl (C=O) groups excluding carboxylic acids is 1. The maximum Gasteiger partial charge on any atom is 0.227 e. The van der Waals surface area contributed by atoms with E-state index in [1.807, 2.05) is 36.4 Å². The van der Waals surface area contributed by atoms with Crippen molar-refractivity contribution in [1.82, 2.24) is 4.90 Å². The van der Waals surface area contributed by atoms with Crippen LogP contribution in [0.25, 0.3) is 11.1 Å². The lowest BCUT2D eigenvalue weighted by atomic mass is 9.97. The van der Waals surface area contributed by atoms with Crippen molar-refractivity contribution in [3.63, 3.8) is 0 Å². The van der Waals surface area contributed by atoms with E-state index in [0.29, 0.717) is 13.0 Å². The first-order valence-electron chi connectivity index (χ1n) is 11.7. The Hall–Kier alpha value is -3.65. The average molecular weight is 432 g/mol. The molecule has 0 bridgehead atoms. The summed E-state index contributed by atoms with van der Waals surface area (Å²) in [4.78, 5) is 15.9. The zero-order valence-electron chi connectivity index (χ0n) is 19.1. The van der Waals surface area contributed by atoms with Crippen molar-refractivity contribution in [2.45, 2.75) is 38.8 Å². The fraction of sp³-hybridized carbons (Fsp3) is 0.194. The molecule has 5 rings (SSSR count). The van der Waals surface area contributed by atoms with Crippen molar-refractivity contribution in [3.05, 3.63) is 131 Å². The highest BCUT2D eigenvalue weighted by Gasteiger charge is 2.30. The van der Waals surface area contributed by atoms with Crippen molar-refractivity contribution in [2.75, 3.05) is 0 Å². The van der Waals surface area contributed by atoms with Gasteiger partial charge < -0.3 is 4.90 Å². The molecule has 1 amide bonds. The molecule has 0 aromatic heterocycles. The third-order valence-corrected chi connectivity index (χ3v) is 6.67. The van der Waals surface area contributed by atoms with E-state index < -0.39 is 0 Å². The van der Waals surface area contributed by atoms with Gasteiger partial charge in [-0.2, -0.15) is 0 Å². The van der Waals surface area contributed by atoms with Gasteiger partial charge in [0.1, 0.15) is 0 Å². The molecule has 2 heteroatoms. The van der Waals surface area contributed by atoms with Gasteiger partial charge in [-0.05, 0) is 53.1 Å². The predicted molar refractivity (Wildman–Crippen MR) is 135 cm³/mol. The minimum absolute atomic E-state index is 0.191. The molecule has 4 aromatic rings. The molecule has 0 aliphatic heterocycles. The number of carbonyl (C=O) groups is 1. The average Bonchev–Trinajstić information content (AvgIpc) is 3.27. The lowest BCUT2D eigenvalue weighted by Crippen LogP contribution is -2.41. The van der Waals surface area contributed by atoms with Gasteiger partial charge in [-0.3, -0.25) is 4.79 Å². The van der Waals surface area contributed by atoms with Gasteiger partial charge in [-0.25, -0.2) is 0 Å². The summed E-state index contributed by atoms with van der Waals surface area (Å²) in [6.45, 7) is 2.78. The van der Waals surface area contributed by atoms with E-state index in [0.717, 1.165) is 29.5 Å². The third kappa shape index (κ3) is 4.75. The summed E-state index contributed by atoms with van der Waals surface area (Å²) in [6.07, 6.45) is 2.26. The van der Waals surface area contributed by atoms with Gasteiger partial charge in [-0.15, -0.1) is 0 Å². The van der Waals surface area contributed by atoms with Crippen molar-refractivity contribution in [2.24, 2.45) is 0 Å². The SMILES string of the molecule is Cc1ccc2c(c1)CC(N(Cc1ccccc1)C(=O)Cc1ccccc1-c1ccccc1)C2. The molecule has 33 heavy (non-hydrogen) atoms. The van der Waals surface area contributed by atoms with Crippen LogP contribution in [0.1, 0.15) is 27.8 Å². The summed E-state index contributed by atoms with van der Waals surface area (Å²) in [5.74, 6) is 0.191. The molecule has 0 saturated carbocycles. The molecule has 1 atom stereocenters. The molecule has 1 aliphatic carbocycles. The number of benzene rings is 4. The predicted octanol–water partition coefficient (Wildman–Crippen LogP) is 6.40. The van der Waals surface area contributed by atoms with Gasteiger partial charge in [0.05, 0.1) is 6.42 Å². The maximum atomic E-state index is 13.8. The Morgan fingerprint density at radius 2 is 1.45 bits per heavy atom. The van der Waals surface area contributed by atoms with E-state index in [-0.39, 0.29) is 11.9 Å². The summed E-state index contributed by atoms with van der Waals surface area (Å²) in [5.41, 5.74) is 8.59. The lowest BCUT2D eigenvalue weighted by Gasteiger charge is -2.30. The number of aryl methyl sites for hydroxylation is 1. The number of hydrogen-bond acceptors (Lipinski definition) is 1. The number of amides is 1. The van der Waals surface area contributed by atoms with Gasteiger partial charge in [0.15, 0.2) is 0 Å². The van der Waals surface area contributed by atoms with Gasteiger partial charge >= 0.3 is 0 Å². The lowest BCUT2D eigenvalue weighted by molar-refractivity contribution is -0.133. The highest BCUT2D eigenvalue weighted by molar-refractivity contribution is 5.82. The van der Waals surface area contributed by atoms with Crippen LogP contribution >= 0.6 is 0 Å². The minimum atomic E-state index is 0.191. The van der Waals surface area contributed by atoms with Gasteiger partial charge in [0.25, 0.3) is 0 Å². The molecule has 4 aromatic carbocycles. The van der Waals surface area contributed by atoms with Gasteiger partial charge in [0.2, 0.25) is 5.91 Å². The first kappa shape index (κ1) is 21.2. The van der Waals surface area contributed by atoms with Crippen LogP contribution in [0, 0.1) is 6.92 Å². The third-order valence-electron chi connectivity index (χ3n) is 6.67. The van der Waals surface area contributed by atoms with Crippen molar-refractivity contribution >= 4 is 5.91 Å². The van der Waals surface area contributed by atoms with Gasteiger partial charge in [-0.1, -0.05) is 109 Å². The second kappa shape index (κ2) is 9.46. The molecular formula is C31H29NO. The van der Waals surface area contributed by atoms with Crippen molar-refractivity contribution in [3.8, 4) is 11.1 Å². The second-order valence-electron chi connectivity index (χ2n) is 9.04. The van der Waals surface area contributed by atoms with Crippen LogP contribution in [-0.2, 0) is 30.6 Å². The molecule has 0 saturated heterocycles. The Balaban J connectivity index is 1.43. The minimum Gasteiger partial charge on any atom is -0.334 e. The molecule has 2 nitrogen and oxygen atoms in total. The number of nitrogens with zero attached hydrogens (tertiary/aromatic N) is 1. The molecule has 164 valence electrons. The Labute approximate surface area is 196 Å². The van der Waals surface area contributed by atoms with E-state index >= 15 is 0 Å². The number of fused-ring (bicyclic) bond motifs is 1. The summed E-state index contributed by atoms with van der Waals surface area (Å²) in [5, 5.41) is 0. The second-order valence-corrected chi connectivity index (χ2v) is 9.04. The van der Waals surface area contributed by atoms with Crippen LogP contribution in [0.5, 0.6) is 0 Å². The van der Waals surface area contributed by atoms with Crippen LogP contribution in [0.15, 0.2) is 103 Å². The van der Waals surface area contributed by atoms with Crippen LogP contribution in [0.4, 0.5) is 0 Å². The quantitative estimate of drug-likeness (QED) is 0.346. The number of hydrogen-bond donors (Lipinski definition) is 0. The van der Waals surface area contributed by atoms with E-state index in [1.165, 1.54) is 22.3 Å². The maximum absolute atomic E-state index is 13.8. The highest BCUT2D eigenvalue weighted by atomic mass is 16.2. The molecule has 1 unspecified atom stereocenters. The van der Waals surface area contributed by atoms with Crippen LogP contribution in [-0.4, -0.2) is 16.8 Å². The fourth-order valence-corrected chi connectivity index (χ4v) is 4.98. The first-order valence-corrected chi connectivity index (χ1v) is 11.7. The number of rotatable bonds is 6. The summed E-state index contributed by atoms with van der Waals surface area (Å²) in [6, 6.07) is 35.9. The normalized spacial score (nSPS) is 14.6. The zero-order valence-corrected chi connectivity index (χ0v) is 19.1.